The van der Waals surface area contributed by atoms with Crippen molar-refractivity contribution in [3.05, 3.63) is 64.1 Å². The lowest BCUT2D eigenvalue weighted by atomic mass is 9.99. The van der Waals surface area contributed by atoms with Crippen molar-refractivity contribution in [2.75, 3.05) is 6.61 Å². The van der Waals surface area contributed by atoms with Crippen molar-refractivity contribution < 1.29 is 4.74 Å². The highest BCUT2D eigenvalue weighted by atomic mass is 79.9. The summed E-state index contributed by atoms with van der Waals surface area (Å²) in [7, 11) is 0. The molecule has 4 heteroatoms. The molecule has 1 unspecified atom stereocenters. The highest BCUT2D eigenvalue weighted by molar-refractivity contribution is 9.10. The lowest BCUT2D eigenvalue weighted by molar-refractivity contribution is 0.339. The van der Waals surface area contributed by atoms with Gasteiger partial charge in [0.15, 0.2) is 0 Å². The molecule has 0 heterocycles. The van der Waals surface area contributed by atoms with Crippen molar-refractivity contribution in [1.29, 1.82) is 0 Å². The van der Waals surface area contributed by atoms with E-state index < -0.39 is 0 Å². The molecule has 0 aliphatic rings. The standard InChI is InChI=1S/C16H19BrN2O/c1-2-20-15-5-3-4-13(11-15)16(19-18)10-12-6-8-14(17)9-7-12/h3-9,11,16,19H,2,10,18H2,1H3. The van der Waals surface area contributed by atoms with Crippen molar-refractivity contribution in [3.63, 3.8) is 0 Å². The third-order valence-corrected chi connectivity index (χ3v) is 3.65. The van der Waals surface area contributed by atoms with Crippen molar-refractivity contribution in [1.82, 2.24) is 5.43 Å². The second kappa shape index (κ2) is 7.43. The van der Waals surface area contributed by atoms with Gasteiger partial charge in [-0.3, -0.25) is 11.3 Å². The van der Waals surface area contributed by atoms with E-state index in [-0.39, 0.29) is 6.04 Å². The summed E-state index contributed by atoms with van der Waals surface area (Å²) in [6.45, 7) is 2.64. The molecular formula is C16H19BrN2O. The van der Waals surface area contributed by atoms with Crippen LogP contribution < -0.4 is 16.0 Å². The Morgan fingerprint density at radius 3 is 2.60 bits per heavy atom. The number of benzene rings is 2. The van der Waals surface area contributed by atoms with Gasteiger partial charge in [0.25, 0.3) is 0 Å². The van der Waals surface area contributed by atoms with E-state index in [1.54, 1.807) is 0 Å². The Hall–Kier alpha value is -1.36. The van der Waals surface area contributed by atoms with Gasteiger partial charge in [0.2, 0.25) is 0 Å². The van der Waals surface area contributed by atoms with Crippen LogP contribution in [-0.2, 0) is 6.42 Å². The predicted molar refractivity (Wildman–Crippen MR) is 85.5 cm³/mol. The minimum absolute atomic E-state index is 0.0663. The van der Waals surface area contributed by atoms with Crippen LogP contribution in [0, 0.1) is 0 Å². The van der Waals surface area contributed by atoms with Gasteiger partial charge in [0.05, 0.1) is 12.6 Å². The van der Waals surface area contributed by atoms with Gasteiger partial charge in [-0.2, -0.15) is 0 Å². The number of halogens is 1. The molecule has 3 nitrogen and oxygen atoms in total. The Morgan fingerprint density at radius 2 is 1.95 bits per heavy atom. The van der Waals surface area contributed by atoms with Gasteiger partial charge >= 0.3 is 0 Å². The van der Waals surface area contributed by atoms with E-state index in [4.69, 9.17) is 10.6 Å². The summed E-state index contributed by atoms with van der Waals surface area (Å²) in [6.07, 6.45) is 0.833. The summed E-state index contributed by atoms with van der Waals surface area (Å²) >= 11 is 3.44. The number of hydrazine groups is 1. The molecular weight excluding hydrogens is 316 g/mol. The Balaban J connectivity index is 2.15. The molecule has 106 valence electrons. The molecule has 3 N–H and O–H groups in total. The largest absolute Gasteiger partial charge is 0.494 e. The smallest absolute Gasteiger partial charge is 0.119 e. The summed E-state index contributed by atoms with van der Waals surface area (Å²) < 4.78 is 6.61. The van der Waals surface area contributed by atoms with E-state index in [0.29, 0.717) is 6.61 Å². The molecule has 0 aliphatic carbocycles. The third-order valence-electron chi connectivity index (χ3n) is 3.13. The molecule has 0 aliphatic heterocycles. The van der Waals surface area contributed by atoms with Gasteiger partial charge in [-0.1, -0.05) is 40.2 Å². The first-order valence-electron chi connectivity index (χ1n) is 6.66. The maximum absolute atomic E-state index is 5.71. The average Bonchev–Trinajstić information content (AvgIpc) is 2.47. The fourth-order valence-electron chi connectivity index (χ4n) is 2.12. The lowest BCUT2D eigenvalue weighted by Gasteiger charge is -2.17. The molecule has 0 saturated heterocycles. The molecule has 20 heavy (non-hydrogen) atoms. The highest BCUT2D eigenvalue weighted by Crippen LogP contribution is 2.23. The Morgan fingerprint density at radius 1 is 1.20 bits per heavy atom. The monoisotopic (exact) mass is 334 g/mol. The Labute approximate surface area is 128 Å². The van der Waals surface area contributed by atoms with Crippen molar-refractivity contribution in [3.8, 4) is 5.75 Å². The van der Waals surface area contributed by atoms with Crippen LogP contribution in [0.2, 0.25) is 0 Å². The lowest BCUT2D eigenvalue weighted by Crippen LogP contribution is -2.29. The van der Waals surface area contributed by atoms with Crippen LogP contribution in [0.25, 0.3) is 0 Å². The first-order chi connectivity index (χ1) is 9.72. The summed E-state index contributed by atoms with van der Waals surface area (Å²) in [5, 5.41) is 0. The third kappa shape index (κ3) is 4.07. The maximum atomic E-state index is 5.71. The molecule has 2 rings (SSSR count). The van der Waals surface area contributed by atoms with Gasteiger partial charge in [-0.15, -0.1) is 0 Å². The number of nitrogens with one attached hydrogen (secondary N) is 1. The summed E-state index contributed by atoms with van der Waals surface area (Å²) in [6, 6.07) is 16.4. The number of ether oxygens (including phenoxy) is 1. The molecule has 0 bridgehead atoms. The van der Waals surface area contributed by atoms with Crippen LogP contribution in [0.4, 0.5) is 0 Å². The molecule has 1 atom stereocenters. The summed E-state index contributed by atoms with van der Waals surface area (Å²) in [5.74, 6) is 6.58. The van der Waals surface area contributed by atoms with Crippen molar-refractivity contribution in [2.24, 2.45) is 5.84 Å². The molecule has 0 saturated carbocycles. The zero-order valence-electron chi connectivity index (χ0n) is 11.5. The molecule has 0 spiro atoms. The molecule has 2 aromatic carbocycles. The van der Waals surface area contributed by atoms with E-state index >= 15 is 0 Å². The second-order valence-electron chi connectivity index (χ2n) is 4.56. The topological polar surface area (TPSA) is 47.3 Å². The quantitative estimate of drug-likeness (QED) is 0.626. The molecule has 0 aromatic heterocycles. The van der Waals surface area contributed by atoms with Gasteiger partial charge in [-0.05, 0) is 48.7 Å². The Kier molecular flexibility index (Phi) is 5.59. The molecule has 2 aromatic rings. The van der Waals surface area contributed by atoms with Crippen LogP contribution in [0.1, 0.15) is 24.1 Å². The van der Waals surface area contributed by atoms with Crippen LogP contribution in [0.3, 0.4) is 0 Å². The van der Waals surface area contributed by atoms with E-state index in [1.165, 1.54) is 5.56 Å². The number of hydrogen-bond donors (Lipinski definition) is 2. The zero-order chi connectivity index (χ0) is 14.4. The van der Waals surface area contributed by atoms with Gasteiger partial charge in [0.1, 0.15) is 5.75 Å². The number of rotatable bonds is 6. The first kappa shape index (κ1) is 15.0. The highest BCUT2D eigenvalue weighted by Gasteiger charge is 2.11. The fraction of sp³-hybridized carbons (Fsp3) is 0.250. The summed E-state index contributed by atoms with van der Waals surface area (Å²) in [5.41, 5.74) is 5.24. The fourth-order valence-corrected chi connectivity index (χ4v) is 2.38. The number of nitrogens with two attached hydrogens (primary N) is 1. The molecule has 0 radical (unpaired) electrons. The van der Waals surface area contributed by atoms with Crippen LogP contribution >= 0.6 is 15.9 Å². The van der Waals surface area contributed by atoms with E-state index in [2.05, 4.69) is 39.6 Å². The average molecular weight is 335 g/mol. The maximum Gasteiger partial charge on any atom is 0.119 e. The minimum Gasteiger partial charge on any atom is -0.494 e. The van der Waals surface area contributed by atoms with E-state index in [0.717, 1.165) is 22.2 Å². The molecule has 0 amide bonds. The van der Waals surface area contributed by atoms with Gasteiger partial charge in [-0.25, -0.2) is 0 Å². The second-order valence-corrected chi connectivity index (χ2v) is 5.47. The zero-order valence-corrected chi connectivity index (χ0v) is 13.1. The van der Waals surface area contributed by atoms with Gasteiger partial charge < -0.3 is 4.74 Å². The SMILES string of the molecule is CCOc1cccc(C(Cc2ccc(Br)cc2)NN)c1. The first-order valence-corrected chi connectivity index (χ1v) is 7.45. The van der Waals surface area contributed by atoms with Crippen molar-refractivity contribution >= 4 is 15.9 Å². The molecule has 0 fully saturated rings. The predicted octanol–water partition coefficient (Wildman–Crippen LogP) is 3.59. The van der Waals surface area contributed by atoms with Crippen LogP contribution in [0.15, 0.2) is 53.0 Å². The van der Waals surface area contributed by atoms with Crippen molar-refractivity contribution in [2.45, 2.75) is 19.4 Å². The number of hydrogen-bond acceptors (Lipinski definition) is 3. The van der Waals surface area contributed by atoms with Crippen LogP contribution in [-0.4, -0.2) is 6.61 Å². The minimum atomic E-state index is 0.0663. The van der Waals surface area contributed by atoms with Gasteiger partial charge in [0, 0.05) is 4.47 Å². The summed E-state index contributed by atoms with van der Waals surface area (Å²) in [4.78, 5) is 0. The normalized spacial score (nSPS) is 12.2. The van der Waals surface area contributed by atoms with E-state index in [9.17, 15) is 0 Å². The van der Waals surface area contributed by atoms with E-state index in [1.807, 2.05) is 37.3 Å². The Bertz CT molecular complexity index is 542. The van der Waals surface area contributed by atoms with Crippen LogP contribution in [0.5, 0.6) is 5.75 Å².